The molecule has 1 aromatic rings. The van der Waals surface area contributed by atoms with Gasteiger partial charge < -0.3 is 5.73 Å². The summed E-state index contributed by atoms with van der Waals surface area (Å²) in [6, 6.07) is 5.19. The Morgan fingerprint density at radius 3 is 2.30 bits per heavy atom. The fraction of sp³-hybridized carbons (Fsp3) is 0.600. The van der Waals surface area contributed by atoms with Crippen molar-refractivity contribution < 1.29 is 8.42 Å². The van der Waals surface area contributed by atoms with E-state index in [2.05, 4.69) is 18.6 Å². The van der Waals surface area contributed by atoms with Crippen molar-refractivity contribution in [2.75, 3.05) is 5.73 Å². The number of hydrogen-bond donors (Lipinski definition) is 2. The van der Waals surface area contributed by atoms with Crippen LogP contribution in [0.5, 0.6) is 0 Å². The van der Waals surface area contributed by atoms with E-state index in [-0.39, 0.29) is 10.9 Å². The number of nitrogens with one attached hydrogen (secondary N) is 1. The topological polar surface area (TPSA) is 72.2 Å². The van der Waals surface area contributed by atoms with Crippen LogP contribution in [0.3, 0.4) is 0 Å². The van der Waals surface area contributed by atoms with Gasteiger partial charge in [-0.3, -0.25) is 0 Å². The predicted octanol–water partition coefficient (Wildman–Crippen LogP) is 2.68. The highest BCUT2D eigenvalue weighted by molar-refractivity contribution is 7.89. The molecule has 3 N–H and O–H groups in total. The minimum absolute atomic E-state index is 0.0118. The zero-order valence-electron chi connectivity index (χ0n) is 12.4. The Labute approximate surface area is 121 Å². The largest absolute Gasteiger partial charge is 0.398 e. The molecule has 0 aromatic heterocycles. The normalized spacial score (nSPS) is 27.4. The van der Waals surface area contributed by atoms with Gasteiger partial charge in [-0.25, -0.2) is 13.1 Å². The van der Waals surface area contributed by atoms with Gasteiger partial charge in [-0.1, -0.05) is 26.0 Å². The molecule has 0 heterocycles. The van der Waals surface area contributed by atoms with Gasteiger partial charge in [0.1, 0.15) is 4.90 Å². The fourth-order valence-electron chi connectivity index (χ4n) is 3.36. The highest BCUT2D eigenvalue weighted by Gasteiger charge is 2.29. The summed E-state index contributed by atoms with van der Waals surface area (Å²) >= 11 is 0. The molecule has 1 aliphatic rings. The molecule has 0 aliphatic heterocycles. The number of rotatable bonds is 3. The molecular weight excluding hydrogens is 272 g/mol. The van der Waals surface area contributed by atoms with Gasteiger partial charge in [0.05, 0.1) is 5.69 Å². The van der Waals surface area contributed by atoms with E-state index in [1.54, 1.807) is 25.1 Å². The monoisotopic (exact) mass is 296 g/mol. The summed E-state index contributed by atoms with van der Waals surface area (Å²) in [5.41, 5.74) is 6.85. The van der Waals surface area contributed by atoms with Gasteiger partial charge in [0, 0.05) is 6.04 Å². The lowest BCUT2D eigenvalue weighted by Crippen LogP contribution is -2.40. The molecule has 1 saturated carbocycles. The average Bonchev–Trinajstić information content (AvgIpc) is 2.25. The van der Waals surface area contributed by atoms with Gasteiger partial charge >= 0.3 is 0 Å². The van der Waals surface area contributed by atoms with Crippen molar-refractivity contribution in [2.45, 2.75) is 51.0 Å². The third kappa shape index (κ3) is 3.33. The number of sulfonamides is 1. The summed E-state index contributed by atoms with van der Waals surface area (Å²) in [6.45, 7) is 6.13. The Balaban J connectivity index is 2.23. The maximum Gasteiger partial charge on any atom is 0.243 e. The van der Waals surface area contributed by atoms with E-state index >= 15 is 0 Å². The highest BCUT2D eigenvalue weighted by atomic mass is 32.2. The summed E-state index contributed by atoms with van der Waals surface area (Å²) in [5, 5.41) is 0. The van der Waals surface area contributed by atoms with Crippen molar-refractivity contribution in [1.29, 1.82) is 0 Å². The maximum absolute atomic E-state index is 12.6. The molecule has 2 unspecified atom stereocenters. The Morgan fingerprint density at radius 1 is 1.15 bits per heavy atom. The molecule has 1 aliphatic carbocycles. The predicted molar refractivity (Wildman–Crippen MR) is 81.9 cm³/mol. The van der Waals surface area contributed by atoms with E-state index in [1.807, 2.05) is 0 Å². The van der Waals surface area contributed by atoms with E-state index in [1.165, 1.54) is 6.42 Å². The van der Waals surface area contributed by atoms with Crippen LogP contribution in [-0.4, -0.2) is 14.5 Å². The second-order valence-corrected chi connectivity index (χ2v) is 7.88. The lowest BCUT2D eigenvalue weighted by molar-refractivity contribution is 0.257. The summed E-state index contributed by atoms with van der Waals surface area (Å²) in [4.78, 5) is 0.228. The van der Waals surface area contributed by atoms with E-state index in [9.17, 15) is 8.42 Å². The van der Waals surface area contributed by atoms with Crippen molar-refractivity contribution >= 4 is 15.7 Å². The van der Waals surface area contributed by atoms with Crippen LogP contribution in [0.4, 0.5) is 5.69 Å². The van der Waals surface area contributed by atoms with Crippen LogP contribution in [0.1, 0.15) is 38.7 Å². The van der Waals surface area contributed by atoms with Gasteiger partial charge in [-0.15, -0.1) is 0 Å². The van der Waals surface area contributed by atoms with Crippen molar-refractivity contribution in [3.63, 3.8) is 0 Å². The molecule has 2 rings (SSSR count). The average molecular weight is 296 g/mol. The molecule has 1 aromatic carbocycles. The van der Waals surface area contributed by atoms with E-state index in [0.717, 1.165) is 12.8 Å². The summed E-state index contributed by atoms with van der Waals surface area (Å²) in [6.07, 6.45) is 2.97. The second kappa shape index (κ2) is 5.74. The van der Waals surface area contributed by atoms with Crippen LogP contribution in [0.25, 0.3) is 0 Å². The van der Waals surface area contributed by atoms with Crippen LogP contribution in [0.2, 0.25) is 0 Å². The third-order valence-corrected chi connectivity index (χ3v) is 5.75. The molecule has 2 atom stereocenters. The fourth-order valence-corrected chi connectivity index (χ4v) is 4.98. The number of benzene rings is 1. The summed E-state index contributed by atoms with van der Waals surface area (Å²) < 4.78 is 28.0. The summed E-state index contributed by atoms with van der Waals surface area (Å²) in [5.74, 6) is 1.11. The number of hydrogen-bond acceptors (Lipinski definition) is 3. The van der Waals surface area contributed by atoms with Gasteiger partial charge in [-0.2, -0.15) is 0 Å². The molecule has 0 saturated heterocycles. The first kappa shape index (κ1) is 15.3. The number of nitrogen functional groups attached to an aromatic ring is 1. The quantitative estimate of drug-likeness (QED) is 0.842. The first-order valence-electron chi connectivity index (χ1n) is 7.17. The maximum atomic E-state index is 12.6. The summed E-state index contributed by atoms with van der Waals surface area (Å²) in [7, 11) is -3.54. The van der Waals surface area contributed by atoms with E-state index in [0.29, 0.717) is 23.1 Å². The zero-order chi connectivity index (χ0) is 14.9. The molecule has 5 heteroatoms. The lowest BCUT2D eigenvalue weighted by Gasteiger charge is -2.32. The molecule has 1 fully saturated rings. The van der Waals surface area contributed by atoms with Crippen LogP contribution in [-0.2, 0) is 10.0 Å². The van der Waals surface area contributed by atoms with Gasteiger partial charge in [0.15, 0.2) is 0 Å². The lowest BCUT2D eigenvalue weighted by atomic mass is 9.81. The van der Waals surface area contributed by atoms with Crippen molar-refractivity contribution in [3.05, 3.63) is 23.8 Å². The van der Waals surface area contributed by atoms with Crippen LogP contribution < -0.4 is 10.5 Å². The Bertz CT molecular complexity index is 553. The molecule has 4 nitrogen and oxygen atoms in total. The molecule has 0 bridgehead atoms. The van der Waals surface area contributed by atoms with Crippen molar-refractivity contribution in [2.24, 2.45) is 11.8 Å². The third-order valence-electron chi connectivity index (χ3n) is 4.01. The van der Waals surface area contributed by atoms with Gasteiger partial charge in [0.2, 0.25) is 10.0 Å². The standard InChI is InChI=1S/C15H24N2O2S/c1-10-7-11(2)9-13(8-10)17-20(18,19)15-12(3)5-4-6-14(15)16/h4-6,10-11,13,17H,7-9,16H2,1-3H3. The van der Waals surface area contributed by atoms with Crippen LogP contribution >= 0.6 is 0 Å². The first-order chi connectivity index (χ1) is 9.29. The SMILES string of the molecule is Cc1cccc(N)c1S(=O)(=O)NC1CC(C)CC(C)C1. The zero-order valence-corrected chi connectivity index (χ0v) is 13.2. The number of aryl methyl sites for hydroxylation is 1. The number of nitrogens with two attached hydrogens (primary N) is 1. The number of anilines is 1. The smallest absolute Gasteiger partial charge is 0.243 e. The minimum Gasteiger partial charge on any atom is -0.398 e. The van der Waals surface area contributed by atoms with Crippen molar-refractivity contribution in [1.82, 2.24) is 4.72 Å². The van der Waals surface area contributed by atoms with Crippen LogP contribution in [0.15, 0.2) is 23.1 Å². The highest BCUT2D eigenvalue weighted by Crippen LogP contribution is 2.30. The molecule has 112 valence electrons. The second-order valence-electron chi connectivity index (χ2n) is 6.23. The van der Waals surface area contributed by atoms with Gasteiger partial charge in [0.25, 0.3) is 0 Å². The Kier molecular flexibility index (Phi) is 4.39. The molecule has 0 radical (unpaired) electrons. The molecular formula is C15H24N2O2S. The van der Waals surface area contributed by atoms with Gasteiger partial charge in [-0.05, 0) is 49.7 Å². The Morgan fingerprint density at radius 2 is 1.75 bits per heavy atom. The van der Waals surface area contributed by atoms with Crippen molar-refractivity contribution in [3.8, 4) is 0 Å². The first-order valence-corrected chi connectivity index (χ1v) is 8.65. The Hall–Kier alpha value is -1.07. The molecule has 20 heavy (non-hydrogen) atoms. The molecule has 0 spiro atoms. The molecule has 0 amide bonds. The minimum atomic E-state index is -3.54. The van der Waals surface area contributed by atoms with E-state index < -0.39 is 10.0 Å². The van der Waals surface area contributed by atoms with Crippen LogP contribution in [0, 0.1) is 18.8 Å². The van der Waals surface area contributed by atoms with E-state index in [4.69, 9.17) is 5.73 Å².